The Labute approximate surface area is 126 Å². The molecule has 2 N–H and O–H groups in total. The number of amides is 2. The van der Waals surface area contributed by atoms with E-state index in [1.165, 1.54) is 0 Å². The summed E-state index contributed by atoms with van der Waals surface area (Å²) in [7, 11) is 0. The van der Waals surface area contributed by atoms with Crippen molar-refractivity contribution in [1.29, 1.82) is 0 Å². The van der Waals surface area contributed by atoms with Gasteiger partial charge in [-0.2, -0.15) is 0 Å². The summed E-state index contributed by atoms with van der Waals surface area (Å²) in [6, 6.07) is 6.85. The molecule has 0 aliphatic heterocycles. The summed E-state index contributed by atoms with van der Waals surface area (Å²) in [6.07, 6.45) is 0.160. The Kier molecular flexibility index (Phi) is 6.61. The van der Waals surface area contributed by atoms with Crippen LogP contribution in [0.2, 0.25) is 0 Å². The van der Waals surface area contributed by atoms with Crippen molar-refractivity contribution in [2.24, 2.45) is 0 Å². The molecule has 2 amide bonds. The van der Waals surface area contributed by atoms with Crippen molar-refractivity contribution < 1.29 is 14.3 Å². The number of ether oxygens (including phenoxy) is 1. The molecule has 1 unspecified atom stereocenters. The van der Waals surface area contributed by atoms with Gasteiger partial charge in [-0.05, 0) is 54.6 Å². The van der Waals surface area contributed by atoms with Crippen LogP contribution in [0.3, 0.4) is 0 Å². The van der Waals surface area contributed by atoms with Crippen LogP contribution in [0.4, 0.5) is 10.5 Å². The molecule has 0 aliphatic carbocycles. The topological polar surface area (TPSA) is 67.4 Å². The Hall–Kier alpha value is -1.31. The fraction of sp³-hybridized carbons (Fsp3) is 0.385. The van der Waals surface area contributed by atoms with Crippen LogP contribution >= 0.6 is 22.6 Å². The number of hydrogen-bond acceptors (Lipinski definition) is 3. The molecular formula is C13H17IN2O3. The molecule has 0 spiro atoms. The van der Waals surface area contributed by atoms with Crippen molar-refractivity contribution in [1.82, 2.24) is 5.32 Å². The maximum absolute atomic E-state index is 11.7. The number of hydrogen-bond donors (Lipinski definition) is 2. The standard InChI is InChI=1S/C13H17IN2O3/c1-3-19-12(17)7-9(2)15-13(18)16-11-6-4-5-10(14)8-11/h4-6,8-9H,3,7H2,1-2H3,(H2,15,16,18). The predicted molar refractivity (Wildman–Crippen MR) is 82.0 cm³/mol. The van der Waals surface area contributed by atoms with Crippen LogP contribution in [0.1, 0.15) is 20.3 Å². The molecular weight excluding hydrogens is 359 g/mol. The van der Waals surface area contributed by atoms with E-state index in [0.717, 1.165) is 3.57 Å². The third kappa shape index (κ3) is 6.42. The summed E-state index contributed by atoms with van der Waals surface area (Å²) in [4.78, 5) is 22.9. The van der Waals surface area contributed by atoms with Gasteiger partial charge in [0.05, 0.1) is 13.0 Å². The minimum Gasteiger partial charge on any atom is -0.466 e. The average Bonchev–Trinajstić information content (AvgIpc) is 2.28. The number of halogens is 1. The first-order valence-electron chi connectivity index (χ1n) is 6.00. The number of carbonyl (C=O) groups is 2. The highest BCUT2D eigenvalue weighted by molar-refractivity contribution is 14.1. The molecule has 1 atom stereocenters. The fourth-order valence-corrected chi connectivity index (χ4v) is 2.02. The molecule has 5 nitrogen and oxygen atoms in total. The summed E-state index contributed by atoms with van der Waals surface area (Å²) < 4.78 is 5.85. The number of urea groups is 1. The van der Waals surface area contributed by atoms with Gasteiger partial charge in [-0.3, -0.25) is 4.79 Å². The lowest BCUT2D eigenvalue weighted by molar-refractivity contribution is -0.143. The highest BCUT2D eigenvalue weighted by Crippen LogP contribution is 2.12. The van der Waals surface area contributed by atoms with Crippen LogP contribution in [0, 0.1) is 3.57 Å². The lowest BCUT2D eigenvalue weighted by Crippen LogP contribution is -2.37. The molecule has 0 aromatic heterocycles. The van der Waals surface area contributed by atoms with Crippen molar-refractivity contribution in [3.8, 4) is 0 Å². The fourth-order valence-electron chi connectivity index (χ4n) is 1.48. The Morgan fingerprint density at radius 3 is 2.79 bits per heavy atom. The highest BCUT2D eigenvalue weighted by Gasteiger charge is 2.12. The van der Waals surface area contributed by atoms with Gasteiger partial charge < -0.3 is 15.4 Å². The second kappa shape index (κ2) is 7.98. The Bertz CT molecular complexity index is 451. The van der Waals surface area contributed by atoms with Gasteiger partial charge in [-0.25, -0.2) is 4.79 Å². The molecule has 19 heavy (non-hydrogen) atoms. The van der Waals surface area contributed by atoms with Crippen LogP contribution in [0.25, 0.3) is 0 Å². The minimum absolute atomic E-state index is 0.160. The number of anilines is 1. The van der Waals surface area contributed by atoms with Crippen molar-refractivity contribution in [2.45, 2.75) is 26.3 Å². The first kappa shape index (κ1) is 15.7. The van der Waals surface area contributed by atoms with Crippen molar-refractivity contribution in [3.63, 3.8) is 0 Å². The lowest BCUT2D eigenvalue weighted by Gasteiger charge is -2.14. The smallest absolute Gasteiger partial charge is 0.319 e. The van der Waals surface area contributed by atoms with E-state index in [-0.39, 0.29) is 24.5 Å². The lowest BCUT2D eigenvalue weighted by atomic mass is 10.2. The number of carbonyl (C=O) groups excluding carboxylic acids is 2. The third-order valence-electron chi connectivity index (χ3n) is 2.24. The van der Waals surface area contributed by atoms with Crippen LogP contribution < -0.4 is 10.6 Å². The van der Waals surface area contributed by atoms with Gasteiger partial charge in [0.15, 0.2) is 0 Å². The number of benzene rings is 1. The van der Waals surface area contributed by atoms with Crippen LogP contribution in [0.5, 0.6) is 0 Å². The van der Waals surface area contributed by atoms with E-state index in [4.69, 9.17) is 4.74 Å². The summed E-state index contributed by atoms with van der Waals surface area (Å²) in [5.41, 5.74) is 0.715. The highest BCUT2D eigenvalue weighted by atomic mass is 127. The summed E-state index contributed by atoms with van der Waals surface area (Å²) in [6.45, 7) is 3.85. The van der Waals surface area contributed by atoms with E-state index in [0.29, 0.717) is 12.3 Å². The zero-order valence-electron chi connectivity index (χ0n) is 10.9. The zero-order valence-corrected chi connectivity index (χ0v) is 13.1. The van der Waals surface area contributed by atoms with Crippen molar-refractivity contribution in [2.75, 3.05) is 11.9 Å². The van der Waals surface area contributed by atoms with E-state index in [2.05, 4.69) is 33.2 Å². The first-order chi connectivity index (χ1) is 9.01. The van der Waals surface area contributed by atoms with Crippen LogP contribution in [0.15, 0.2) is 24.3 Å². The Balaban J connectivity index is 2.40. The van der Waals surface area contributed by atoms with Gasteiger partial charge in [-0.15, -0.1) is 0 Å². The van der Waals surface area contributed by atoms with Gasteiger partial charge in [0, 0.05) is 15.3 Å². The number of esters is 1. The van der Waals surface area contributed by atoms with E-state index >= 15 is 0 Å². The van der Waals surface area contributed by atoms with Gasteiger partial charge in [0.2, 0.25) is 0 Å². The van der Waals surface area contributed by atoms with E-state index in [1.54, 1.807) is 19.9 Å². The van der Waals surface area contributed by atoms with E-state index < -0.39 is 0 Å². The van der Waals surface area contributed by atoms with Crippen molar-refractivity contribution >= 4 is 40.3 Å². The molecule has 1 aromatic rings. The largest absolute Gasteiger partial charge is 0.466 e. The molecule has 0 saturated carbocycles. The quantitative estimate of drug-likeness (QED) is 0.614. The molecule has 1 rings (SSSR count). The van der Waals surface area contributed by atoms with Gasteiger partial charge in [0.25, 0.3) is 0 Å². The summed E-state index contributed by atoms with van der Waals surface area (Å²) in [5.74, 6) is -0.315. The van der Waals surface area contributed by atoms with Gasteiger partial charge in [-0.1, -0.05) is 6.07 Å². The Morgan fingerprint density at radius 1 is 1.42 bits per heavy atom. The predicted octanol–water partition coefficient (Wildman–Crippen LogP) is 2.75. The first-order valence-corrected chi connectivity index (χ1v) is 7.08. The molecule has 0 aliphatic rings. The summed E-state index contributed by atoms with van der Waals surface area (Å²) in [5, 5.41) is 5.40. The Morgan fingerprint density at radius 2 is 2.16 bits per heavy atom. The van der Waals surface area contributed by atoms with E-state index in [9.17, 15) is 9.59 Å². The molecule has 0 radical (unpaired) electrons. The average molecular weight is 376 g/mol. The second-order valence-electron chi connectivity index (χ2n) is 4.02. The third-order valence-corrected chi connectivity index (χ3v) is 2.91. The monoisotopic (exact) mass is 376 g/mol. The number of nitrogens with one attached hydrogen (secondary N) is 2. The molecule has 0 fully saturated rings. The molecule has 6 heteroatoms. The molecule has 1 aromatic carbocycles. The van der Waals surface area contributed by atoms with Crippen molar-refractivity contribution in [3.05, 3.63) is 27.8 Å². The summed E-state index contributed by atoms with van der Waals surface area (Å²) >= 11 is 2.17. The maximum Gasteiger partial charge on any atom is 0.319 e. The SMILES string of the molecule is CCOC(=O)CC(C)NC(=O)Nc1cccc(I)c1. The van der Waals surface area contributed by atoms with E-state index in [1.807, 2.05) is 18.2 Å². The molecule has 104 valence electrons. The normalized spacial score (nSPS) is 11.5. The second-order valence-corrected chi connectivity index (χ2v) is 5.26. The number of rotatable bonds is 5. The molecule has 0 bridgehead atoms. The van der Waals surface area contributed by atoms with Gasteiger partial charge in [0.1, 0.15) is 0 Å². The molecule has 0 heterocycles. The zero-order chi connectivity index (χ0) is 14.3. The van der Waals surface area contributed by atoms with Crippen LogP contribution in [-0.4, -0.2) is 24.6 Å². The van der Waals surface area contributed by atoms with Gasteiger partial charge >= 0.3 is 12.0 Å². The maximum atomic E-state index is 11.7. The minimum atomic E-state index is -0.334. The van der Waals surface area contributed by atoms with Crippen LogP contribution in [-0.2, 0) is 9.53 Å². The molecule has 0 saturated heterocycles.